The molecule has 0 aliphatic heterocycles. The third kappa shape index (κ3) is 4.72. The molecule has 126 valence electrons. The molecule has 1 amide bonds. The van der Waals surface area contributed by atoms with Gasteiger partial charge in [-0.25, -0.2) is 0 Å². The third-order valence-electron chi connectivity index (χ3n) is 4.03. The molecule has 0 spiro atoms. The van der Waals surface area contributed by atoms with Crippen LogP contribution < -0.4 is 4.74 Å². The van der Waals surface area contributed by atoms with Crippen LogP contribution in [0.25, 0.3) is 5.57 Å². The first-order valence-corrected chi connectivity index (χ1v) is 8.19. The maximum atomic E-state index is 12.5. The Morgan fingerprint density at radius 2 is 1.88 bits per heavy atom. The number of ether oxygens (including phenoxy) is 1. The van der Waals surface area contributed by atoms with Gasteiger partial charge in [0.25, 0.3) is 0 Å². The molecule has 2 aromatic rings. The Kier molecular flexibility index (Phi) is 6.19. The van der Waals surface area contributed by atoms with Gasteiger partial charge in [0.05, 0.1) is 7.11 Å². The minimum Gasteiger partial charge on any atom is -0.497 e. The molecule has 0 N–H and O–H groups in total. The third-order valence-corrected chi connectivity index (χ3v) is 4.03. The van der Waals surface area contributed by atoms with E-state index in [1.165, 1.54) is 5.56 Å². The molecular weight excluding hydrogens is 298 g/mol. The number of rotatable bonds is 6. The molecule has 24 heavy (non-hydrogen) atoms. The minimum absolute atomic E-state index is 0.00949. The molecule has 0 saturated heterocycles. The van der Waals surface area contributed by atoms with Gasteiger partial charge in [-0.2, -0.15) is 0 Å². The summed E-state index contributed by atoms with van der Waals surface area (Å²) in [5.74, 6) is 0.813. The van der Waals surface area contributed by atoms with E-state index in [0.29, 0.717) is 6.54 Å². The number of likely N-dealkylation sites (N-methyl/N-ethyl adjacent to an activating group) is 1. The lowest BCUT2D eigenvalue weighted by molar-refractivity contribution is -0.125. The van der Waals surface area contributed by atoms with E-state index in [-0.39, 0.29) is 5.91 Å². The molecule has 0 aliphatic rings. The van der Waals surface area contributed by atoms with Crippen LogP contribution >= 0.6 is 0 Å². The summed E-state index contributed by atoms with van der Waals surface area (Å²) >= 11 is 0. The number of benzene rings is 2. The Labute approximate surface area is 144 Å². The van der Waals surface area contributed by atoms with Gasteiger partial charge in [0.15, 0.2) is 0 Å². The van der Waals surface area contributed by atoms with E-state index in [0.717, 1.165) is 28.9 Å². The second-order valence-electron chi connectivity index (χ2n) is 5.93. The number of allylic oxidation sites excluding steroid dienone is 1. The van der Waals surface area contributed by atoms with Gasteiger partial charge in [-0.15, -0.1) is 0 Å². The Bertz CT molecular complexity index is 717. The van der Waals surface area contributed by atoms with Gasteiger partial charge < -0.3 is 9.64 Å². The zero-order valence-corrected chi connectivity index (χ0v) is 14.9. The first kappa shape index (κ1) is 17.8. The standard InChI is InChI=1S/C21H25NO2/c1-5-18(19-11-9-16(2)10-12-19)14-21(23)22(3)15-17-7-6-8-20(13-17)24-4/h6-14H,5,15H2,1-4H3. The molecule has 0 aromatic heterocycles. The van der Waals surface area contributed by atoms with Crippen LogP contribution in [0.4, 0.5) is 0 Å². The van der Waals surface area contributed by atoms with Crippen molar-refractivity contribution in [2.24, 2.45) is 0 Å². The van der Waals surface area contributed by atoms with Crippen LogP contribution in [0.3, 0.4) is 0 Å². The molecule has 2 aromatic carbocycles. The number of methoxy groups -OCH3 is 1. The SMILES string of the molecule is CCC(=CC(=O)N(C)Cc1cccc(OC)c1)c1ccc(C)cc1. The van der Waals surface area contributed by atoms with E-state index in [2.05, 4.69) is 38.1 Å². The van der Waals surface area contributed by atoms with Crippen LogP contribution in [0.15, 0.2) is 54.6 Å². The minimum atomic E-state index is 0.00949. The summed E-state index contributed by atoms with van der Waals surface area (Å²) in [6, 6.07) is 16.1. The van der Waals surface area contributed by atoms with Crippen LogP contribution in [0, 0.1) is 6.92 Å². The molecule has 0 aliphatic carbocycles. The summed E-state index contributed by atoms with van der Waals surface area (Å²) in [4.78, 5) is 14.3. The van der Waals surface area contributed by atoms with Crippen LogP contribution in [0.1, 0.15) is 30.0 Å². The Balaban J connectivity index is 2.12. The van der Waals surface area contributed by atoms with Gasteiger partial charge >= 0.3 is 0 Å². The van der Waals surface area contributed by atoms with E-state index in [9.17, 15) is 4.79 Å². The summed E-state index contributed by atoms with van der Waals surface area (Å²) in [6.07, 6.45) is 2.56. The van der Waals surface area contributed by atoms with E-state index in [4.69, 9.17) is 4.74 Å². The highest BCUT2D eigenvalue weighted by molar-refractivity contribution is 5.95. The molecule has 0 saturated carbocycles. The Hall–Kier alpha value is -2.55. The van der Waals surface area contributed by atoms with Crippen molar-refractivity contribution in [2.45, 2.75) is 26.8 Å². The van der Waals surface area contributed by atoms with Crippen LogP contribution in [-0.4, -0.2) is 25.0 Å². The van der Waals surface area contributed by atoms with E-state index < -0.39 is 0 Å². The fourth-order valence-electron chi connectivity index (χ4n) is 2.54. The predicted molar refractivity (Wildman–Crippen MR) is 98.9 cm³/mol. The van der Waals surface area contributed by atoms with Crippen molar-refractivity contribution in [3.05, 3.63) is 71.3 Å². The maximum absolute atomic E-state index is 12.5. The lowest BCUT2D eigenvalue weighted by Crippen LogP contribution is -2.24. The van der Waals surface area contributed by atoms with Crippen molar-refractivity contribution in [3.63, 3.8) is 0 Å². The highest BCUT2D eigenvalue weighted by Gasteiger charge is 2.09. The molecule has 0 unspecified atom stereocenters. The second kappa shape index (κ2) is 8.34. The number of hydrogen-bond acceptors (Lipinski definition) is 2. The summed E-state index contributed by atoms with van der Waals surface area (Å²) in [7, 11) is 3.46. The Morgan fingerprint density at radius 3 is 2.50 bits per heavy atom. The quantitative estimate of drug-likeness (QED) is 0.735. The number of hydrogen-bond donors (Lipinski definition) is 0. The molecule has 0 bridgehead atoms. The van der Waals surface area contributed by atoms with E-state index >= 15 is 0 Å². The van der Waals surface area contributed by atoms with Gasteiger partial charge in [-0.1, -0.05) is 48.9 Å². The zero-order chi connectivity index (χ0) is 17.5. The monoisotopic (exact) mass is 323 g/mol. The van der Waals surface area contributed by atoms with Gasteiger partial charge in [-0.05, 0) is 42.2 Å². The first-order valence-electron chi connectivity index (χ1n) is 8.19. The van der Waals surface area contributed by atoms with Crippen molar-refractivity contribution in [1.29, 1.82) is 0 Å². The van der Waals surface area contributed by atoms with Gasteiger partial charge in [-0.3, -0.25) is 4.79 Å². The number of aryl methyl sites for hydroxylation is 1. The summed E-state index contributed by atoms with van der Waals surface area (Å²) in [6.45, 7) is 4.69. The van der Waals surface area contributed by atoms with Gasteiger partial charge in [0.2, 0.25) is 5.91 Å². The average Bonchev–Trinajstić information content (AvgIpc) is 2.60. The molecule has 0 atom stereocenters. The molecule has 0 fully saturated rings. The van der Waals surface area contributed by atoms with Crippen molar-refractivity contribution in [1.82, 2.24) is 4.90 Å². The first-order chi connectivity index (χ1) is 11.5. The van der Waals surface area contributed by atoms with E-state index in [1.807, 2.05) is 31.3 Å². The summed E-state index contributed by atoms with van der Waals surface area (Å²) in [5.41, 5.74) is 4.42. The molecule has 0 radical (unpaired) electrons. The second-order valence-corrected chi connectivity index (χ2v) is 5.93. The number of carbonyl (C=O) groups is 1. The van der Waals surface area contributed by atoms with Crippen LogP contribution in [0.5, 0.6) is 5.75 Å². The molecule has 2 rings (SSSR count). The largest absolute Gasteiger partial charge is 0.497 e. The van der Waals surface area contributed by atoms with Crippen LogP contribution in [-0.2, 0) is 11.3 Å². The van der Waals surface area contributed by atoms with E-state index in [1.54, 1.807) is 18.1 Å². The highest BCUT2D eigenvalue weighted by atomic mass is 16.5. The van der Waals surface area contributed by atoms with Gasteiger partial charge in [0.1, 0.15) is 5.75 Å². The Morgan fingerprint density at radius 1 is 1.17 bits per heavy atom. The summed E-state index contributed by atoms with van der Waals surface area (Å²) < 4.78 is 5.23. The smallest absolute Gasteiger partial charge is 0.246 e. The lowest BCUT2D eigenvalue weighted by Gasteiger charge is -2.17. The normalized spacial score (nSPS) is 11.2. The number of carbonyl (C=O) groups excluding carboxylic acids is 1. The summed E-state index contributed by atoms with van der Waals surface area (Å²) in [5, 5.41) is 0. The van der Waals surface area contributed by atoms with Gasteiger partial charge in [0, 0.05) is 19.7 Å². The van der Waals surface area contributed by atoms with Crippen molar-refractivity contribution >= 4 is 11.5 Å². The average molecular weight is 323 g/mol. The number of amides is 1. The maximum Gasteiger partial charge on any atom is 0.246 e. The van der Waals surface area contributed by atoms with Crippen molar-refractivity contribution < 1.29 is 9.53 Å². The van der Waals surface area contributed by atoms with Crippen LogP contribution in [0.2, 0.25) is 0 Å². The zero-order valence-electron chi connectivity index (χ0n) is 14.9. The fraction of sp³-hybridized carbons (Fsp3) is 0.286. The lowest BCUT2D eigenvalue weighted by atomic mass is 10.0. The predicted octanol–water partition coefficient (Wildman–Crippen LogP) is 4.46. The molecule has 0 heterocycles. The number of nitrogens with zero attached hydrogens (tertiary/aromatic N) is 1. The highest BCUT2D eigenvalue weighted by Crippen LogP contribution is 2.19. The molecule has 3 nitrogen and oxygen atoms in total. The topological polar surface area (TPSA) is 29.5 Å². The molecule has 3 heteroatoms. The van der Waals surface area contributed by atoms with Crippen molar-refractivity contribution in [2.75, 3.05) is 14.2 Å². The van der Waals surface area contributed by atoms with Crippen molar-refractivity contribution in [3.8, 4) is 5.75 Å². The fourth-order valence-corrected chi connectivity index (χ4v) is 2.54. The molecular formula is C21H25NO2.